The van der Waals surface area contributed by atoms with E-state index in [1.807, 2.05) is 18.7 Å². The molecule has 2 N–H and O–H groups in total. The normalized spacial score (nSPS) is 27.4. The van der Waals surface area contributed by atoms with Crippen molar-refractivity contribution in [3.63, 3.8) is 0 Å². The molecular formula is C10H20N2O. The third kappa shape index (κ3) is 2.21. The number of nitrogens with two attached hydrogens (primary N) is 1. The summed E-state index contributed by atoms with van der Waals surface area (Å²) in [5.74, 6) is 0.181. The lowest BCUT2D eigenvalue weighted by Crippen LogP contribution is -2.43. The standard InChI is InChI=1S/C10H20N2O/c1-7-5-4-6-12(7)10(13)8(2)9(3)11/h7-9H,4-6,11H2,1-3H3. The molecule has 1 aliphatic heterocycles. The second-order valence-electron chi connectivity index (χ2n) is 4.17. The molecule has 3 unspecified atom stereocenters. The Hall–Kier alpha value is -0.570. The van der Waals surface area contributed by atoms with Crippen molar-refractivity contribution in [3.8, 4) is 0 Å². The molecule has 1 aliphatic rings. The van der Waals surface area contributed by atoms with Gasteiger partial charge in [0.25, 0.3) is 0 Å². The molecule has 0 saturated carbocycles. The average molecular weight is 184 g/mol. The quantitative estimate of drug-likeness (QED) is 0.695. The molecule has 1 rings (SSSR count). The zero-order valence-corrected chi connectivity index (χ0v) is 8.79. The molecule has 3 atom stereocenters. The molecule has 1 amide bonds. The number of likely N-dealkylation sites (tertiary alicyclic amines) is 1. The van der Waals surface area contributed by atoms with E-state index < -0.39 is 0 Å². The zero-order chi connectivity index (χ0) is 10.0. The van der Waals surface area contributed by atoms with Gasteiger partial charge in [0, 0.05) is 18.6 Å². The summed E-state index contributed by atoms with van der Waals surface area (Å²) in [6.45, 7) is 6.83. The monoisotopic (exact) mass is 184 g/mol. The predicted molar refractivity (Wildman–Crippen MR) is 53.2 cm³/mol. The molecule has 0 aromatic rings. The molecule has 0 spiro atoms. The molecule has 1 saturated heterocycles. The minimum absolute atomic E-state index is 0.0412. The van der Waals surface area contributed by atoms with Gasteiger partial charge in [-0.05, 0) is 26.7 Å². The largest absolute Gasteiger partial charge is 0.340 e. The second kappa shape index (κ2) is 4.09. The lowest BCUT2D eigenvalue weighted by atomic mass is 10.0. The predicted octanol–water partition coefficient (Wildman–Crippen LogP) is 0.981. The van der Waals surface area contributed by atoms with Gasteiger partial charge in [-0.3, -0.25) is 4.79 Å². The summed E-state index contributed by atoms with van der Waals surface area (Å²) in [4.78, 5) is 13.8. The lowest BCUT2D eigenvalue weighted by Gasteiger charge is -2.26. The third-order valence-corrected chi connectivity index (χ3v) is 3.01. The smallest absolute Gasteiger partial charge is 0.227 e. The first kappa shape index (κ1) is 10.5. The van der Waals surface area contributed by atoms with Crippen molar-refractivity contribution >= 4 is 5.91 Å². The Kier molecular flexibility index (Phi) is 3.31. The van der Waals surface area contributed by atoms with Gasteiger partial charge in [0.2, 0.25) is 5.91 Å². The molecule has 0 aromatic heterocycles. The van der Waals surface area contributed by atoms with Crippen LogP contribution in [-0.2, 0) is 4.79 Å². The summed E-state index contributed by atoms with van der Waals surface area (Å²) in [6, 6.07) is 0.369. The zero-order valence-electron chi connectivity index (χ0n) is 8.79. The van der Waals surface area contributed by atoms with Crippen LogP contribution in [0.1, 0.15) is 33.6 Å². The van der Waals surface area contributed by atoms with Crippen LogP contribution in [0.4, 0.5) is 0 Å². The summed E-state index contributed by atoms with van der Waals surface area (Å²) in [5.41, 5.74) is 5.70. The van der Waals surface area contributed by atoms with Crippen molar-refractivity contribution in [2.45, 2.75) is 45.7 Å². The Labute approximate surface area is 80.3 Å². The van der Waals surface area contributed by atoms with Crippen LogP contribution in [-0.4, -0.2) is 29.4 Å². The molecule has 1 heterocycles. The molecule has 0 radical (unpaired) electrons. The number of carbonyl (C=O) groups is 1. The molecular weight excluding hydrogens is 164 g/mol. The van der Waals surface area contributed by atoms with Crippen molar-refractivity contribution in [3.05, 3.63) is 0 Å². The number of nitrogens with zero attached hydrogens (tertiary/aromatic N) is 1. The number of hydrogen-bond acceptors (Lipinski definition) is 2. The number of carbonyl (C=O) groups excluding carboxylic acids is 1. The molecule has 0 bridgehead atoms. The first-order valence-electron chi connectivity index (χ1n) is 5.10. The van der Waals surface area contributed by atoms with Crippen LogP contribution in [0.15, 0.2) is 0 Å². The Balaban J connectivity index is 2.56. The van der Waals surface area contributed by atoms with E-state index >= 15 is 0 Å². The number of hydrogen-bond donors (Lipinski definition) is 1. The van der Waals surface area contributed by atoms with Gasteiger partial charge < -0.3 is 10.6 Å². The molecule has 76 valence electrons. The number of rotatable bonds is 2. The Morgan fingerprint density at radius 3 is 2.54 bits per heavy atom. The maximum absolute atomic E-state index is 11.8. The van der Waals surface area contributed by atoms with Crippen LogP contribution in [0, 0.1) is 5.92 Å². The summed E-state index contributed by atoms with van der Waals surface area (Å²) < 4.78 is 0. The van der Waals surface area contributed by atoms with E-state index in [0.29, 0.717) is 6.04 Å². The van der Waals surface area contributed by atoms with Crippen LogP contribution in [0.3, 0.4) is 0 Å². The van der Waals surface area contributed by atoms with Crippen LogP contribution in [0.2, 0.25) is 0 Å². The first-order valence-corrected chi connectivity index (χ1v) is 5.10. The van der Waals surface area contributed by atoms with E-state index in [2.05, 4.69) is 6.92 Å². The third-order valence-electron chi connectivity index (χ3n) is 3.01. The molecule has 1 fully saturated rings. The fourth-order valence-electron chi connectivity index (χ4n) is 1.75. The van der Waals surface area contributed by atoms with E-state index in [4.69, 9.17) is 5.73 Å². The van der Waals surface area contributed by atoms with Gasteiger partial charge >= 0.3 is 0 Å². The minimum Gasteiger partial charge on any atom is -0.340 e. The summed E-state index contributed by atoms with van der Waals surface area (Å²) in [6.07, 6.45) is 2.27. The Bertz CT molecular complexity index is 191. The SMILES string of the molecule is CC(N)C(C)C(=O)N1CCCC1C. The molecule has 3 nitrogen and oxygen atoms in total. The second-order valence-corrected chi connectivity index (χ2v) is 4.17. The van der Waals surface area contributed by atoms with Gasteiger partial charge in [-0.25, -0.2) is 0 Å². The summed E-state index contributed by atoms with van der Waals surface area (Å²) in [7, 11) is 0. The first-order chi connectivity index (χ1) is 6.04. The maximum atomic E-state index is 11.8. The van der Waals surface area contributed by atoms with E-state index in [0.717, 1.165) is 19.4 Å². The van der Waals surface area contributed by atoms with Gasteiger partial charge in [-0.2, -0.15) is 0 Å². The fraction of sp³-hybridized carbons (Fsp3) is 0.900. The maximum Gasteiger partial charge on any atom is 0.227 e. The summed E-state index contributed by atoms with van der Waals surface area (Å²) in [5, 5.41) is 0. The van der Waals surface area contributed by atoms with Crippen LogP contribution < -0.4 is 5.73 Å². The Morgan fingerprint density at radius 1 is 1.54 bits per heavy atom. The van der Waals surface area contributed by atoms with Crippen molar-refractivity contribution in [1.29, 1.82) is 0 Å². The molecule has 0 aliphatic carbocycles. The van der Waals surface area contributed by atoms with Gasteiger partial charge in [0.1, 0.15) is 0 Å². The van der Waals surface area contributed by atoms with E-state index in [1.54, 1.807) is 0 Å². The van der Waals surface area contributed by atoms with E-state index in [-0.39, 0.29) is 17.9 Å². The highest BCUT2D eigenvalue weighted by Gasteiger charge is 2.29. The molecule has 0 aromatic carbocycles. The minimum atomic E-state index is -0.0414. The van der Waals surface area contributed by atoms with Gasteiger partial charge in [0.05, 0.1) is 5.92 Å². The van der Waals surface area contributed by atoms with Crippen LogP contribution in [0.25, 0.3) is 0 Å². The highest BCUT2D eigenvalue weighted by molar-refractivity contribution is 5.79. The van der Waals surface area contributed by atoms with Crippen LogP contribution in [0.5, 0.6) is 0 Å². The van der Waals surface area contributed by atoms with Crippen molar-refractivity contribution in [2.75, 3.05) is 6.54 Å². The lowest BCUT2D eigenvalue weighted by molar-refractivity contribution is -0.136. The number of amides is 1. The van der Waals surface area contributed by atoms with Gasteiger partial charge in [-0.1, -0.05) is 6.92 Å². The average Bonchev–Trinajstić information content (AvgIpc) is 2.48. The van der Waals surface area contributed by atoms with Crippen molar-refractivity contribution < 1.29 is 4.79 Å². The molecule has 3 heteroatoms. The van der Waals surface area contributed by atoms with E-state index in [1.165, 1.54) is 0 Å². The topological polar surface area (TPSA) is 46.3 Å². The Morgan fingerprint density at radius 2 is 2.15 bits per heavy atom. The van der Waals surface area contributed by atoms with E-state index in [9.17, 15) is 4.79 Å². The van der Waals surface area contributed by atoms with Gasteiger partial charge in [0.15, 0.2) is 0 Å². The highest BCUT2D eigenvalue weighted by Crippen LogP contribution is 2.19. The van der Waals surface area contributed by atoms with Crippen molar-refractivity contribution in [1.82, 2.24) is 4.90 Å². The molecule has 13 heavy (non-hydrogen) atoms. The van der Waals surface area contributed by atoms with Crippen LogP contribution >= 0.6 is 0 Å². The summed E-state index contributed by atoms with van der Waals surface area (Å²) >= 11 is 0. The fourth-order valence-corrected chi connectivity index (χ4v) is 1.75. The van der Waals surface area contributed by atoms with Crippen molar-refractivity contribution in [2.24, 2.45) is 11.7 Å². The highest BCUT2D eigenvalue weighted by atomic mass is 16.2. The van der Waals surface area contributed by atoms with Gasteiger partial charge in [-0.15, -0.1) is 0 Å².